The van der Waals surface area contributed by atoms with E-state index in [0.29, 0.717) is 28.2 Å². The van der Waals surface area contributed by atoms with E-state index in [1.54, 1.807) is 6.07 Å². The number of nitrogens with one attached hydrogen (secondary N) is 2. The molecule has 118 valence electrons. The van der Waals surface area contributed by atoms with E-state index < -0.39 is 0 Å². The summed E-state index contributed by atoms with van der Waals surface area (Å²) in [4.78, 5) is 19.4. The lowest BCUT2D eigenvalue weighted by atomic mass is 10.2. The van der Waals surface area contributed by atoms with Gasteiger partial charge >= 0.3 is 0 Å². The Bertz CT molecular complexity index is 518. The van der Waals surface area contributed by atoms with E-state index >= 15 is 0 Å². The molecule has 0 aliphatic carbocycles. The number of H-pyrrole nitrogens is 1. The normalized spacial score (nSPS) is 26.2. The van der Waals surface area contributed by atoms with Gasteiger partial charge < -0.3 is 10.3 Å². The molecule has 0 aromatic carbocycles. The van der Waals surface area contributed by atoms with Crippen LogP contribution in [0.4, 0.5) is 0 Å². The van der Waals surface area contributed by atoms with Gasteiger partial charge in [-0.1, -0.05) is 27.7 Å². The van der Waals surface area contributed by atoms with Crippen LogP contribution in [-0.2, 0) is 6.54 Å². The van der Waals surface area contributed by atoms with Crippen molar-refractivity contribution in [2.45, 2.75) is 50.0 Å². The summed E-state index contributed by atoms with van der Waals surface area (Å²) < 4.78 is 0. The molecule has 21 heavy (non-hydrogen) atoms. The van der Waals surface area contributed by atoms with Crippen molar-refractivity contribution in [2.75, 3.05) is 12.3 Å². The average Bonchev–Trinajstić information content (AvgIpc) is 2.41. The van der Waals surface area contributed by atoms with Crippen molar-refractivity contribution in [1.82, 2.24) is 15.3 Å². The first-order valence-electron chi connectivity index (χ1n) is 7.53. The topological polar surface area (TPSA) is 57.8 Å². The maximum absolute atomic E-state index is 11.9. The summed E-state index contributed by atoms with van der Waals surface area (Å²) in [5, 5.41) is 4.88. The summed E-state index contributed by atoms with van der Waals surface area (Å²) in [6.07, 6.45) is 0. The first-order chi connectivity index (χ1) is 9.95. The lowest BCUT2D eigenvalue weighted by Crippen LogP contribution is -2.26. The molecule has 1 saturated heterocycles. The Kier molecular flexibility index (Phi) is 6.20. The number of thioether (sulfide) groups is 2. The molecule has 1 aliphatic rings. The Hall–Kier alpha value is -0.460. The lowest BCUT2D eigenvalue weighted by Gasteiger charge is -2.30. The molecule has 6 heteroatoms. The third-order valence-electron chi connectivity index (χ3n) is 3.53. The van der Waals surface area contributed by atoms with Crippen LogP contribution in [-0.4, -0.2) is 32.8 Å². The highest BCUT2D eigenvalue weighted by molar-refractivity contribution is 8.07. The standard InChI is InChI=1S/C15H25N3OS2/c1-9(2)6-16-7-12-5-14(19)18-15(17-12)13-8-20-10(3)11(4)21-13/h5,9-11,13,16H,6-8H2,1-4H3,(H,17,18,19). The predicted octanol–water partition coefficient (Wildman–Crippen LogP) is 2.81. The highest BCUT2D eigenvalue weighted by Gasteiger charge is 2.28. The van der Waals surface area contributed by atoms with Crippen molar-refractivity contribution in [3.05, 3.63) is 27.9 Å². The van der Waals surface area contributed by atoms with Crippen LogP contribution < -0.4 is 10.9 Å². The zero-order valence-electron chi connectivity index (χ0n) is 13.2. The Morgan fingerprint density at radius 2 is 2.19 bits per heavy atom. The van der Waals surface area contributed by atoms with Crippen molar-refractivity contribution in [3.63, 3.8) is 0 Å². The molecular weight excluding hydrogens is 302 g/mol. The van der Waals surface area contributed by atoms with Crippen LogP contribution in [0.3, 0.4) is 0 Å². The summed E-state index contributed by atoms with van der Waals surface area (Å²) in [5.41, 5.74) is 0.796. The minimum absolute atomic E-state index is 0.0433. The van der Waals surface area contributed by atoms with Gasteiger partial charge in [0.25, 0.3) is 5.56 Å². The van der Waals surface area contributed by atoms with Gasteiger partial charge in [0.05, 0.1) is 10.9 Å². The van der Waals surface area contributed by atoms with Crippen LogP contribution in [0.2, 0.25) is 0 Å². The molecule has 1 aromatic rings. The van der Waals surface area contributed by atoms with Crippen LogP contribution in [0.1, 0.15) is 44.5 Å². The average molecular weight is 328 g/mol. The monoisotopic (exact) mass is 327 g/mol. The highest BCUT2D eigenvalue weighted by atomic mass is 32.2. The fourth-order valence-corrected chi connectivity index (χ4v) is 5.05. The number of aromatic nitrogens is 2. The van der Waals surface area contributed by atoms with E-state index in [-0.39, 0.29) is 5.56 Å². The summed E-state index contributed by atoms with van der Waals surface area (Å²) >= 11 is 3.88. The van der Waals surface area contributed by atoms with Crippen molar-refractivity contribution in [2.24, 2.45) is 5.92 Å². The van der Waals surface area contributed by atoms with Crippen molar-refractivity contribution in [1.29, 1.82) is 0 Å². The third-order valence-corrected chi connectivity index (χ3v) is 6.93. The van der Waals surface area contributed by atoms with Gasteiger partial charge in [0.1, 0.15) is 5.82 Å². The van der Waals surface area contributed by atoms with Crippen LogP contribution >= 0.6 is 23.5 Å². The Balaban J connectivity index is 2.06. The first-order valence-corrected chi connectivity index (χ1v) is 9.52. The molecule has 0 bridgehead atoms. The van der Waals surface area contributed by atoms with Gasteiger partial charge in [-0.15, -0.1) is 11.8 Å². The first kappa shape index (κ1) is 16.9. The predicted molar refractivity (Wildman–Crippen MR) is 93.1 cm³/mol. The van der Waals surface area contributed by atoms with Gasteiger partial charge in [0.15, 0.2) is 0 Å². The van der Waals surface area contributed by atoms with Gasteiger partial charge in [-0.3, -0.25) is 4.79 Å². The van der Waals surface area contributed by atoms with Gasteiger partial charge in [-0.25, -0.2) is 4.98 Å². The third kappa shape index (κ3) is 5.04. The smallest absolute Gasteiger partial charge is 0.251 e. The summed E-state index contributed by atoms with van der Waals surface area (Å²) in [5.74, 6) is 2.45. The zero-order chi connectivity index (χ0) is 15.4. The molecule has 0 amide bonds. The Morgan fingerprint density at radius 1 is 1.43 bits per heavy atom. The van der Waals surface area contributed by atoms with Crippen LogP contribution in [0.5, 0.6) is 0 Å². The Labute approximate surface area is 135 Å². The van der Waals surface area contributed by atoms with E-state index in [4.69, 9.17) is 0 Å². The number of hydrogen-bond donors (Lipinski definition) is 2. The highest BCUT2D eigenvalue weighted by Crippen LogP contribution is 2.42. The van der Waals surface area contributed by atoms with E-state index in [9.17, 15) is 4.79 Å². The van der Waals surface area contributed by atoms with Gasteiger partial charge in [-0.2, -0.15) is 11.8 Å². The van der Waals surface area contributed by atoms with E-state index in [1.165, 1.54) is 0 Å². The fraction of sp³-hybridized carbons (Fsp3) is 0.733. The maximum atomic E-state index is 11.9. The lowest BCUT2D eigenvalue weighted by molar-refractivity contribution is 0.546. The number of rotatable bonds is 5. The molecule has 3 unspecified atom stereocenters. The molecule has 2 heterocycles. The molecule has 0 saturated carbocycles. The molecule has 1 aliphatic heterocycles. The molecule has 2 N–H and O–H groups in total. The molecule has 1 aromatic heterocycles. The van der Waals surface area contributed by atoms with Gasteiger partial charge in [0, 0.05) is 28.9 Å². The molecule has 2 rings (SSSR count). The van der Waals surface area contributed by atoms with Crippen molar-refractivity contribution >= 4 is 23.5 Å². The minimum Gasteiger partial charge on any atom is -0.311 e. The fourth-order valence-electron chi connectivity index (χ4n) is 2.19. The summed E-state index contributed by atoms with van der Waals surface area (Å²) in [7, 11) is 0. The zero-order valence-corrected chi connectivity index (χ0v) is 14.8. The summed E-state index contributed by atoms with van der Waals surface area (Å²) in [6, 6.07) is 1.60. The van der Waals surface area contributed by atoms with Crippen LogP contribution in [0.15, 0.2) is 10.9 Å². The summed E-state index contributed by atoms with van der Waals surface area (Å²) in [6.45, 7) is 10.4. The number of nitrogens with zero attached hydrogens (tertiary/aromatic N) is 1. The SMILES string of the molecule is CC(C)CNCc1cc(=O)[nH]c(C2CSC(C)C(C)S2)n1. The minimum atomic E-state index is -0.0433. The van der Waals surface area contributed by atoms with E-state index in [1.807, 2.05) is 23.5 Å². The quantitative estimate of drug-likeness (QED) is 0.871. The Morgan fingerprint density at radius 3 is 2.86 bits per heavy atom. The second kappa shape index (κ2) is 7.70. The number of aromatic amines is 1. The second-order valence-electron chi connectivity index (χ2n) is 6.02. The van der Waals surface area contributed by atoms with Crippen molar-refractivity contribution in [3.8, 4) is 0 Å². The second-order valence-corrected chi connectivity index (χ2v) is 9.01. The molecule has 4 nitrogen and oxygen atoms in total. The molecule has 0 radical (unpaired) electrons. The van der Waals surface area contributed by atoms with E-state index in [2.05, 4.69) is 43.0 Å². The largest absolute Gasteiger partial charge is 0.311 e. The van der Waals surface area contributed by atoms with Crippen LogP contribution in [0, 0.1) is 5.92 Å². The van der Waals surface area contributed by atoms with Gasteiger partial charge in [-0.05, 0) is 12.5 Å². The molecule has 3 atom stereocenters. The molecule has 1 fully saturated rings. The number of hydrogen-bond acceptors (Lipinski definition) is 5. The van der Waals surface area contributed by atoms with Crippen molar-refractivity contribution < 1.29 is 0 Å². The molecule has 0 spiro atoms. The van der Waals surface area contributed by atoms with Crippen LogP contribution in [0.25, 0.3) is 0 Å². The van der Waals surface area contributed by atoms with Gasteiger partial charge in [0.2, 0.25) is 0 Å². The molecular formula is C15H25N3OS2. The maximum Gasteiger partial charge on any atom is 0.251 e. The van der Waals surface area contributed by atoms with E-state index in [0.717, 1.165) is 23.8 Å².